The van der Waals surface area contributed by atoms with Gasteiger partial charge in [0.15, 0.2) is 5.82 Å². The van der Waals surface area contributed by atoms with E-state index in [9.17, 15) is 17.6 Å². The molecule has 0 bridgehead atoms. The van der Waals surface area contributed by atoms with Crippen molar-refractivity contribution in [3.63, 3.8) is 0 Å². The van der Waals surface area contributed by atoms with E-state index in [-0.39, 0.29) is 11.8 Å². The van der Waals surface area contributed by atoms with Gasteiger partial charge in [-0.05, 0) is 31.6 Å². The number of carbonyl (C=O) groups is 1. The lowest BCUT2D eigenvalue weighted by molar-refractivity contribution is -0.126. The maximum absolute atomic E-state index is 12.9. The number of anilines is 1. The van der Waals surface area contributed by atoms with Gasteiger partial charge in [0.2, 0.25) is 21.9 Å². The van der Waals surface area contributed by atoms with Crippen LogP contribution >= 0.6 is 0 Å². The fourth-order valence-electron chi connectivity index (χ4n) is 3.64. The molecule has 1 aromatic heterocycles. The van der Waals surface area contributed by atoms with Crippen molar-refractivity contribution in [2.75, 3.05) is 43.9 Å². The summed E-state index contributed by atoms with van der Waals surface area (Å²) in [6, 6.07) is 0. The van der Waals surface area contributed by atoms with E-state index >= 15 is 0 Å². The molecule has 0 saturated carbocycles. The Morgan fingerprint density at radius 2 is 1.74 bits per heavy atom. The van der Waals surface area contributed by atoms with Crippen molar-refractivity contribution >= 4 is 21.9 Å². The van der Waals surface area contributed by atoms with E-state index in [2.05, 4.69) is 15.3 Å². The highest BCUT2D eigenvalue weighted by molar-refractivity contribution is 7.88. The zero-order chi connectivity index (χ0) is 19.4. The van der Waals surface area contributed by atoms with Gasteiger partial charge in [-0.3, -0.25) is 4.79 Å². The minimum Gasteiger partial charge on any atom is -0.356 e. The van der Waals surface area contributed by atoms with Crippen LogP contribution in [0.15, 0.2) is 12.4 Å². The van der Waals surface area contributed by atoms with Crippen molar-refractivity contribution in [2.24, 2.45) is 11.8 Å². The zero-order valence-electron chi connectivity index (χ0n) is 15.5. The number of nitrogens with one attached hydrogen (secondary N) is 1. The minimum atomic E-state index is -3.17. The fraction of sp³-hybridized carbons (Fsp3) is 0.706. The number of nitrogens with zero attached hydrogens (tertiary/aromatic N) is 4. The Labute approximate surface area is 159 Å². The number of sulfonamides is 1. The summed E-state index contributed by atoms with van der Waals surface area (Å²) in [4.78, 5) is 22.4. The van der Waals surface area contributed by atoms with Crippen LogP contribution in [0.4, 0.5) is 10.3 Å². The number of piperidine rings is 2. The summed E-state index contributed by atoms with van der Waals surface area (Å²) in [6.07, 6.45) is 6.50. The number of rotatable bonds is 5. The second-order valence-corrected chi connectivity index (χ2v) is 9.30. The van der Waals surface area contributed by atoms with Crippen LogP contribution in [0, 0.1) is 17.7 Å². The fourth-order valence-corrected chi connectivity index (χ4v) is 4.52. The van der Waals surface area contributed by atoms with E-state index < -0.39 is 15.8 Å². The molecule has 1 N–H and O–H groups in total. The Hall–Kier alpha value is -1.81. The summed E-state index contributed by atoms with van der Waals surface area (Å²) in [5.74, 6) is 0.389. The molecule has 0 radical (unpaired) electrons. The lowest BCUT2D eigenvalue weighted by Crippen LogP contribution is -2.44. The molecule has 0 spiro atoms. The van der Waals surface area contributed by atoms with Crippen LogP contribution < -0.4 is 10.2 Å². The predicted octanol–water partition coefficient (Wildman–Crippen LogP) is 0.620. The van der Waals surface area contributed by atoms with Gasteiger partial charge in [-0.25, -0.2) is 27.1 Å². The molecule has 10 heteroatoms. The van der Waals surface area contributed by atoms with Crippen LogP contribution in [0.3, 0.4) is 0 Å². The van der Waals surface area contributed by atoms with Gasteiger partial charge in [0.1, 0.15) is 0 Å². The molecule has 3 rings (SSSR count). The molecular weight excluding hydrogens is 373 g/mol. The van der Waals surface area contributed by atoms with E-state index in [4.69, 9.17) is 0 Å². The Bertz CT molecular complexity index is 742. The maximum Gasteiger partial charge on any atom is 0.225 e. The van der Waals surface area contributed by atoms with Crippen LogP contribution in [0.25, 0.3) is 0 Å². The smallest absolute Gasteiger partial charge is 0.225 e. The van der Waals surface area contributed by atoms with E-state index in [1.807, 2.05) is 4.90 Å². The first-order chi connectivity index (χ1) is 12.8. The number of aromatic nitrogens is 2. The zero-order valence-corrected chi connectivity index (χ0v) is 16.3. The summed E-state index contributed by atoms with van der Waals surface area (Å²) in [5.41, 5.74) is 0. The van der Waals surface area contributed by atoms with Crippen molar-refractivity contribution in [2.45, 2.75) is 25.7 Å². The average molecular weight is 399 g/mol. The molecule has 1 amide bonds. The maximum atomic E-state index is 12.9. The highest BCUT2D eigenvalue weighted by Crippen LogP contribution is 2.22. The molecule has 2 saturated heterocycles. The van der Waals surface area contributed by atoms with Crippen LogP contribution in [0.5, 0.6) is 0 Å². The van der Waals surface area contributed by atoms with Gasteiger partial charge in [0.25, 0.3) is 0 Å². The van der Waals surface area contributed by atoms with Gasteiger partial charge in [0, 0.05) is 38.6 Å². The predicted molar refractivity (Wildman–Crippen MR) is 99.1 cm³/mol. The molecule has 150 valence electrons. The number of halogens is 1. The third-order valence-electron chi connectivity index (χ3n) is 5.36. The van der Waals surface area contributed by atoms with Gasteiger partial charge in [-0.15, -0.1) is 0 Å². The first-order valence-electron chi connectivity index (χ1n) is 9.28. The first kappa shape index (κ1) is 19.9. The molecule has 3 heterocycles. The quantitative estimate of drug-likeness (QED) is 0.780. The van der Waals surface area contributed by atoms with Gasteiger partial charge < -0.3 is 10.2 Å². The van der Waals surface area contributed by atoms with Gasteiger partial charge in [-0.2, -0.15) is 0 Å². The number of carbonyl (C=O) groups excluding carboxylic acids is 1. The second kappa shape index (κ2) is 8.47. The third-order valence-corrected chi connectivity index (χ3v) is 6.67. The summed E-state index contributed by atoms with van der Waals surface area (Å²) < 4.78 is 37.4. The van der Waals surface area contributed by atoms with Crippen molar-refractivity contribution in [3.05, 3.63) is 18.2 Å². The number of hydrogen-bond acceptors (Lipinski definition) is 6. The van der Waals surface area contributed by atoms with E-state index in [1.165, 1.54) is 23.0 Å². The van der Waals surface area contributed by atoms with Crippen LogP contribution in [0.2, 0.25) is 0 Å². The first-order valence-corrected chi connectivity index (χ1v) is 11.1. The molecule has 2 fully saturated rings. The molecule has 2 aliphatic rings. The van der Waals surface area contributed by atoms with E-state index in [0.717, 1.165) is 25.9 Å². The summed E-state index contributed by atoms with van der Waals surface area (Å²) in [5, 5.41) is 3.03. The number of amides is 1. The Morgan fingerprint density at radius 3 is 2.30 bits per heavy atom. The highest BCUT2D eigenvalue weighted by atomic mass is 32.2. The standard InChI is InChI=1S/C17H26FN5O3S/c1-27(25,26)23-8-4-14(5-9-23)16(24)19-10-13-2-6-22(7-3-13)17-20-11-15(18)12-21-17/h11-14H,2-10H2,1H3,(H,19,24). The lowest BCUT2D eigenvalue weighted by Gasteiger charge is -2.33. The van der Waals surface area contributed by atoms with Gasteiger partial charge in [-0.1, -0.05) is 0 Å². The highest BCUT2D eigenvalue weighted by Gasteiger charge is 2.29. The third kappa shape index (κ3) is 5.35. The Balaban J connectivity index is 1.39. The van der Waals surface area contributed by atoms with Crippen LogP contribution in [-0.2, 0) is 14.8 Å². The molecule has 0 aliphatic carbocycles. The molecule has 0 atom stereocenters. The van der Waals surface area contributed by atoms with Crippen molar-refractivity contribution in [3.8, 4) is 0 Å². The molecule has 27 heavy (non-hydrogen) atoms. The summed E-state index contributed by atoms with van der Waals surface area (Å²) in [6.45, 7) is 3.00. The SMILES string of the molecule is CS(=O)(=O)N1CCC(C(=O)NCC2CCN(c3ncc(F)cn3)CC2)CC1. The van der Waals surface area contributed by atoms with Crippen LogP contribution in [-0.4, -0.2) is 67.6 Å². The monoisotopic (exact) mass is 399 g/mol. The normalized spacial score (nSPS) is 20.6. The Kier molecular flexibility index (Phi) is 6.25. The van der Waals surface area contributed by atoms with Crippen molar-refractivity contribution in [1.29, 1.82) is 0 Å². The van der Waals surface area contributed by atoms with Crippen molar-refractivity contribution in [1.82, 2.24) is 19.6 Å². The van der Waals surface area contributed by atoms with E-state index in [0.29, 0.717) is 44.3 Å². The molecule has 0 aromatic carbocycles. The number of hydrogen-bond donors (Lipinski definition) is 1. The van der Waals surface area contributed by atoms with Crippen molar-refractivity contribution < 1.29 is 17.6 Å². The Morgan fingerprint density at radius 1 is 1.15 bits per heavy atom. The largest absolute Gasteiger partial charge is 0.356 e. The average Bonchev–Trinajstić information content (AvgIpc) is 2.66. The molecule has 2 aliphatic heterocycles. The molecule has 8 nitrogen and oxygen atoms in total. The lowest BCUT2D eigenvalue weighted by atomic mass is 9.94. The topological polar surface area (TPSA) is 95.5 Å². The molecule has 1 aromatic rings. The van der Waals surface area contributed by atoms with E-state index in [1.54, 1.807) is 0 Å². The molecular formula is C17H26FN5O3S. The molecule has 0 unspecified atom stereocenters. The minimum absolute atomic E-state index is 0.0208. The van der Waals surface area contributed by atoms with Gasteiger partial charge >= 0.3 is 0 Å². The summed E-state index contributed by atoms with van der Waals surface area (Å²) in [7, 11) is -3.17. The van der Waals surface area contributed by atoms with Gasteiger partial charge in [0.05, 0.1) is 18.6 Å². The van der Waals surface area contributed by atoms with Crippen LogP contribution in [0.1, 0.15) is 25.7 Å². The summed E-state index contributed by atoms with van der Waals surface area (Å²) >= 11 is 0. The second-order valence-electron chi connectivity index (χ2n) is 7.31.